The van der Waals surface area contributed by atoms with Crippen LogP contribution in [0.3, 0.4) is 0 Å². The van der Waals surface area contributed by atoms with E-state index in [1.807, 2.05) is 0 Å². The fourth-order valence-corrected chi connectivity index (χ4v) is 6.29. The average Bonchev–Trinajstić information content (AvgIpc) is 2.52. The smallest absolute Gasteiger partial charge is 0.252 e. The molecular formula is C18H31ClN2O2. The minimum atomic E-state index is -0.590. The number of amides is 1. The molecule has 1 heterocycles. The summed E-state index contributed by atoms with van der Waals surface area (Å²) in [6.07, 6.45) is 10.00. The van der Waals surface area contributed by atoms with Crippen LogP contribution in [-0.2, 0) is 9.53 Å². The van der Waals surface area contributed by atoms with Crippen LogP contribution in [0, 0.1) is 23.2 Å². The predicted molar refractivity (Wildman–Crippen MR) is 92.7 cm³/mol. The Hall–Kier alpha value is -0.320. The van der Waals surface area contributed by atoms with Crippen molar-refractivity contribution in [1.82, 2.24) is 10.6 Å². The summed E-state index contributed by atoms with van der Waals surface area (Å²) in [6.45, 7) is 2.63. The van der Waals surface area contributed by atoms with E-state index in [0.717, 1.165) is 50.2 Å². The normalized spacial score (nSPS) is 40.5. The fraction of sp³-hybridized carbons (Fsp3) is 0.944. The van der Waals surface area contributed by atoms with Crippen molar-refractivity contribution in [1.29, 1.82) is 0 Å². The summed E-state index contributed by atoms with van der Waals surface area (Å²) in [4.78, 5) is 12.8. The Kier molecular flexibility index (Phi) is 4.97. The largest absolute Gasteiger partial charge is 0.368 e. The van der Waals surface area contributed by atoms with Gasteiger partial charge < -0.3 is 15.4 Å². The molecule has 1 aliphatic heterocycles. The number of carbonyl (C=O) groups excluding carboxylic acids is 1. The highest BCUT2D eigenvalue weighted by Gasteiger charge is 2.51. The van der Waals surface area contributed by atoms with Gasteiger partial charge in [-0.05, 0) is 87.6 Å². The molecule has 0 aromatic carbocycles. The molecule has 4 bridgehead atoms. The van der Waals surface area contributed by atoms with E-state index in [0.29, 0.717) is 5.41 Å². The second-order valence-electron chi connectivity index (χ2n) is 8.55. The van der Waals surface area contributed by atoms with Gasteiger partial charge in [0, 0.05) is 13.7 Å². The molecule has 0 aromatic heterocycles. The molecule has 4 saturated carbocycles. The Morgan fingerprint density at radius 1 is 1.09 bits per heavy atom. The highest BCUT2D eigenvalue weighted by Crippen LogP contribution is 2.59. The maximum Gasteiger partial charge on any atom is 0.252 e. The Balaban J connectivity index is 0.00000156. The molecule has 0 atom stereocenters. The van der Waals surface area contributed by atoms with Crippen molar-refractivity contribution in [2.45, 2.75) is 57.0 Å². The Morgan fingerprint density at radius 2 is 1.61 bits per heavy atom. The van der Waals surface area contributed by atoms with E-state index in [2.05, 4.69) is 10.6 Å². The van der Waals surface area contributed by atoms with E-state index in [9.17, 15) is 4.79 Å². The van der Waals surface area contributed by atoms with Crippen molar-refractivity contribution in [2.75, 3.05) is 26.7 Å². The molecule has 0 unspecified atom stereocenters. The maximum absolute atomic E-state index is 12.8. The lowest BCUT2D eigenvalue weighted by Crippen LogP contribution is -2.57. The monoisotopic (exact) mass is 342 g/mol. The molecular weight excluding hydrogens is 312 g/mol. The minimum Gasteiger partial charge on any atom is -0.368 e. The number of halogens is 1. The first-order chi connectivity index (χ1) is 10.6. The molecule has 4 nitrogen and oxygen atoms in total. The van der Waals surface area contributed by atoms with E-state index < -0.39 is 5.60 Å². The van der Waals surface area contributed by atoms with Gasteiger partial charge in [0.05, 0.1) is 0 Å². The van der Waals surface area contributed by atoms with Gasteiger partial charge in [-0.25, -0.2) is 0 Å². The lowest BCUT2D eigenvalue weighted by molar-refractivity contribution is -0.148. The van der Waals surface area contributed by atoms with Crippen LogP contribution in [0.1, 0.15) is 51.4 Å². The SMILES string of the molecule is COC1(C(=O)NCC23CC4CC(CC(C4)C2)C3)CCNCC1.Cl. The van der Waals surface area contributed by atoms with E-state index in [-0.39, 0.29) is 18.3 Å². The number of piperidine rings is 1. The average molecular weight is 343 g/mol. The highest BCUT2D eigenvalue weighted by atomic mass is 35.5. The second kappa shape index (κ2) is 6.53. The molecule has 132 valence electrons. The molecule has 23 heavy (non-hydrogen) atoms. The van der Waals surface area contributed by atoms with Crippen molar-refractivity contribution in [2.24, 2.45) is 23.2 Å². The van der Waals surface area contributed by atoms with Gasteiger partial charge in [-0.15, -0.1) is 12.4 Å². The number of carbonyl (C=O) groups is 1. The molecule has 1 amide bonds. The van der Waals surface area contributed by atoms with Gasteiger partial charge in [-0.3, -0.25) is 4.79 Å². The quantitative estimate of drug-likeness (QED) is 0.825. The molecule has 0 spiro atoms. The molecule has 5 heteroatoms. The lowest BCUT2D eigenvalue weighted by atomic mass is 9.49. The molecule has 1 saturated heterocycles. The Labute approximate surface area is 145 Å². The van der Waals surface area contributed by atoms with Crippen molar-refractivity contribution in [3.8, 4) is 0 Å². The van der Waals surface area contributed by atoms with Crippen LogP contribution in [0.5, 0.6) is 0 Å². The Bertz CT molecular complexity index is 413. The van der Waals surface area contributed by atoms with E-state index in [4.69, 9.17) is 4.74 Å². The van der Waals surface area contributed by atoms with E-state index in [1.54, 1.807) is 7.11 Å². The molecule has 5 rings (SSSR count). The summed E-state index contributed by atoms with van der Waals surface area (Å²) in [5.41, 5.74) is -0.181. The second-order valence-corrected chi connectivity index (χ2v) is 8.55. The molecule has 4 aliphatic carbocycles. The predicted octanol–water partition coefficient (Wildman–Crippen LogP) is 2.51. The summed E-state index contributed by atoms with van der Waals surface area (Å²) in [5.74, 6) is 2.96. The molecule has 5 aliphatic rings. The highest BCUT2D eigenvalue weighted by molar-refractivity contribution is 5.85. The first-order valence-corrected chi connectivity index (χ1v) is 9.17. The summed E-state index contributed by atoms with van der Waals surface area (Å²) >= 11 is 0. The number of methoxy groups -OCH3 is 1. The van der Waals surface area contributed by atoms with Gasteiger partial charge in [0.1, 0.15) is 5.60 Å². The molecule has 0 aromatic rings. The Morgan fingerprint density at radius 3 is 2.09 bits per heavy atom. The number of hydrogen-bond acceptors (Lipinski definition) is 3. The minimum absolute atomic E-state index is 0. The van der Waals surface area contributed by atoms with Gasteiger partial charge in [0.2, 0.25) is 0 Å². The molecule has 0 radical (unpaired) electrons. The number of rotatable bonds is 4. The topological polar surface area (TPSA) is 50.4 Å². The van der Waals surface area contributed by atoms with Crippen molar-refractivity contribution in [3.05, 3.63) is 0 Å². The van der Waals surface area contributed by atoms with Crippen LogP contribution >= 0.6 is 12.4 Å². The zero-order valence-corrected chi connectivity index (χ0v) is 15.1. The van der Waals surface area contributed by atoms with Crippen molar-refractivity contribution < 1.29 is 9.53 Å². The summed E-state index contributed by atoms with van der Waals surface area (Å²) < 4.78 is 5.66. The van der Waals surface area contributed by atoms with Crippen molar-refractivity contribution >= 4 is 18.3 Å². The molecule has 5 fully saturated rings. The van der Waals surface area contributed by atoms with Crippen molar-refractivity contribution in [3.63, 3.8) is 0 Å². The van der Waals surface area contributed by atoms with Crippen LogP contribution in [0.15, 0.2) is 0 Å². The van der Waals surface area contributed by atoms with Crippen LogP contribution in [0.4, 0.5) is 0 Å². The standard InChI is InChI=1S/C18H30N2O2.ClH/c1-22-18(2-4-19-5-3-18)16(21)20-12-17-9-13-6-14(10-17)8-15(7-13)11-17;/h13-15,19H,2-12H2,1H3,(H,20,21);1H. The van der Waals surface area contributed by atoms with Gasteiger partial charge in [-0.1, -0.05) is 0 Å². The zero-order chi connectivity index (χ0) is 15.2. The lowest BCUT2D eigenvalue weighted by Gasteiger charge is -2.57. The summed E-state index contributed by atoms with van der Waals surface area (Å²) in [6, 6.07) is 0. The first-order valence-electron chi connectivity index (χ1n) is 9.17. The number of ether oxygens (including phenoxy) is 1. The van der Waals surface area contributed by atoms with Gasteiger partial charge in [-0.2, -0.15) is 0 Å². The van der Waals surface area contributed by atoms with Crippen LogP contribution in [0.25, 0.3) is 0 Å². The summed E-state index contributed by atoms with van der Waals surface area (Å²) in [5, 5.41) is 6.63. The third-order valence-electron chi connectivity index (χ3n) is 7.00. The summed E-state index contributed by atoms with van der Waals surface area (Å²) in [7, 11) is 1.69. The zero-order valence-electron chi connectivity index (χ0n) is 14.2. The van der Waals surface area contributed by atoms with Crippen LogP contribution in [0.2, 0.25) is 0 Å². The third kappa shape index (κ3) is 3.14. The first kappa shape index (κ1) is 17.5. The van der Waals surface area contributed by atoms with Gasteiger partial charge >= 0.3 is 0 Å². The fourth-order valence-electron chi connectivity index (χ4n) is 6.29. The van der Waals surface area contributed by atoms with E-state index >= 15 is 0 Å². The number of hydrogen-bond donors (Lipinski definition) is 2. The van der Waals surface area contributed by atoms with Gasteiger partial charge in [0.15, 0.2) is 0 Å². The van der Waals surface area contributed by atoms with Crippen LogP contribution in [-0.4, -0.2) is 38.3 Å². The van der Waals surface area contributed by atoms with Gasteiger partial charge in [0.25, 0.3) is 5.91 Å². The maximum atomic E-state index is 12.8. The van der Waals surface area contributed by atoms with Crippen LogP contribution < -0.4 is 10.6 Å². The number of nitrogens with one attached hydrogen (secondary N) is 2. The van der Waals surface area contributed by atoms with E-state index in [1.165, 1.54) is 38.5 Å². The molecule has 2 N–H and O–H groups in total. The third-order valence-corrected chi connectivity index (χ3v) is 7.00.